The first-order valence-electron chi connectivity index (χ1n) is 4.52. The maximum absolute atomic E-state index is 11.3. The van der Waals surface area contributed by atoms with Crippen molar-refractivity contribution in [2.24, 2.45) is 0 Å². The van der Waals surface area contributed by atoms with E-state index in [9.17, 15) is 9.59 Å². The number of amides is 2. The van der Waals surface area contributed by atoms with Crippen molar-refractivity contribution in [3.05, 3.63) is 0 Å². The molecule has 1 atom stereocenters. The quantitative estimate of drug-likeness (QED) is 0.583. The van der Waals surface area contributed by atoms with Crippen LogP contribution in [0.1, 0.15) is 19.8 Å². The van der Waals surface area contributed by atoms with E-state index in [2.05, 4.69) is 0 Å². The van der Waals surface area contributed by atoms with Gasteiger partial charge in [0, 0.05) is 39.5 Å². The van der Waals surface area contributed by atoms with Crippen LogP contribution in [0.15, 0.2) is 0 Å². The summed E-state index contributed by atoms with van der Waals surface area (Å²) in [6.07, 6.45) is 1.07. The highest BCUT2D eigenvalue weighted by Gasteiger charge is 2.29. The average Bonchev–Trinajstić information content (AvgIpc) is 2.01. The van der Waals surface area contributed by atoms with Crippen molar-refractivity contribution in [1.82, 2.24) is 9.80 Å². The van der Waals surface area contributed by atoms with Crippen LogP contribution in [0.2, 0.25) is 0 Å². The summed E-state index contributed by atoms with van der Waals surface area (Å²) in [7, 11) is 3.46. The van der Waals surface area contributed by atoms with E-state index in [0.29, 0.717) is 12.8 Å². The van der Waals surface area contributed by atoms with Gasteiger partial charge in [0.05, 0.1) is 0 Å². The molecule has 0 radical (unpaired) electrons. The fourth-order valence-electron chi connectivity index (χ4n) is 1.34. The van der Waals surface area contributed by atoms with Crippen LogP contribution in [-0.4, -0.2) is 48.3 Å². The minimum absolute atomic E-state index is 0.0520. The van der Waals surface area contributed by atoms with E-state index in [1.807, 2.05) is 6.92 Å². The molecule has 0 spiro atoms. The standard InChI is InChI=1S/C9H16N2O2/c1-7(6-9(13)10(2)3)11-5-4-8(11)12/h7H,4-6H2,1-3H3. The monoisotopic (exact) mass is 184 g/mol. The first-order valence-corrected chi connectivity index (χ1v) is 4.52. The van der Waals surface area contributed by atoms with Crippen molar-refractivity contribution in [2.75, 3.05) is 20.6 Å². The fourth-order valence-corrected chi connectivity index (χ4v) is 1.34. The van der Waals surface area contributed by atoms with E-state index in [1.54, 1.807) is 23.9 Å². The molecule has 0 aliphatic carbocycles. The first kappa shape index (κ1) is 10.0. The fraction of sp³-hybridized carbons (Fsp3) is 0.778. The summed E-state index contributed by atoms with van der Waals surface area (Å²) in [5.41, 5.74) is 0. The van der Waals surface area contributed by atoms with Gasteiger partial charge in [-0.1, -0.05) is 0 Å². The van der Waals surface area contributed by atoms with Gasteiger partial charge < -0.3 is 9.80 Å². The maximum Gasteiger partial charge on any atom is 0.224 e. The lowest BCUT2D eigenvalue weighted by Gasteiger charge is -2.36. The number of nitrogens with zero attached hydrogens (tertiary/aromatic N) is 2. The first-order chi connectivity index (χ1) is 6.02. The van der Waals surface area contributed by atoms with Crippen molar-refractivity contribution >= 4 is 11.8 Å². The van der Waals surface area contributed by atoms with Crippen LogP contribution in [0.4, 0.5) is 0 Å². The third-order valence-electron chi connectivity index (χ3n) is 2.39. The molecule has 0 aromatic heterocycles. The van der Waals surface area contributed by atoms with Gasteiger partial charge in [0.15, 0.2) is 0 Å². The number of likely N-dealkylation sites (tertiary alicyclic amines) is 1. The van der Waals surface area contributed by atoms with Crippen molar-refractivity contribution in [1.29, 1.82) is 0 Å². The van der Waals surface area contributed by atoms with Gasteiger partial charge in [0.2, 0.25) is 11.8 Å². The Hall–Kier alpha value is -1.06. The molecule has 1 rings (SSSR count). The van der Waals surface area contributed by atoms with Crippen LogP contribution in [0.5, 0.6) is 0 Å². The van der Waals surface area contributed by atoms with Gasteiger partial charge in [-0.15, -0.1) is 0 Å². The highest BCUT2D eigenvalue weighted by atomic mass is 16.2. The summed E-state index contributed by atoms with van der Waals surface area (Å²) < 4.78 is 0. The lowest BCUT2D eigenvalue weighted by molar-refractivity contribution is -0.144. The Morgan fingerprint density at radius 1 is 1.62 bits per heavy atom. The third kappa shape index (κ3) is 2.20. The molecule has 13 heavy (non-hydrogen) atoms. The molecule has 1 unspecified atom stereocenters. The highest BCUT2D eigenvalue weighted by molar-refractivity contribution is 5.83. The molecule has 0 aromatic carbocycles. The molecule has 74 valence electrons. The minimum Gasteiger partial charge on any atom is -0.349 e. The van der Waals surface area contributed by atoms with E-state index in [1.165, 1.54) is 0 Å². The number of hydrogen-bond donors (Lipinski definition) is 0. The molecule has 1 fully saturated rings. The van der Waals surface area contributed by atoms with E-state index < -0.39 is 0 Å². The molecule has 0 aromatic rings. The Morgan fingerprint density at radius 3 is 2.54 bits per heavy atom. The van der Waals surface area contributed by atoms with Crippen LogP contribution in [0.3, 0.4) is 0 Å². The summed E-state index contributed by atoms with van der Waals surface area (Å²) in [5.74, 6) is 0.242. The van der Waals surface area contributed by atoms with Crippen molar-refractivity contribution in [3.8, 4) is 0 Å². The second kappa shape index (κ2) is 3.77. The molecule has 0 bridgehead atoms. The topological polar surface area (TPSA) is 40.6 Å². The predicted octanol–water partition coefficient (Wildman–Crippen LogP) is 0.0855. The van der Waals surface area contributed by atoms with Crippen LogP contribution in [-0.2, 0) is 9.59 Å². The number of carbonyl (C=O) groups excluding carboxylic acids is 2. The number of carbonyl (C=O) groups is 2. The molecule has 4 nitrogen and oxygen atoms in total. The lowest BCUT2D eigenvalue weighted by atomic mass is 10.1. The molecule has 0 saturated carbocycles. The van der Waals surface area contributed by atoms with Gasteiger partial charge in [-0.2, -0.15) is 0 Å². The zero-order valence-electron chi connectivity index (χ0n) is 8.41. The molecule has 1 saturated heterocycles. The second-order valence-corrected chi connectivity index (χ2v) is 3.68. The maximum atomic E-state index is 11.3. The van der Waals surface area contributed by atoms with Crippen molar-refractivity contribution in [2.45, 2.75) is 25.8 Å². The van der Waals surface area contributed by atoms with Crippen LogP contribution in [0.25, 0.3) is 0 Å². The lowest BCUT2D eigenvalue weighted by Crippen LogP contribution is -2.50. The number of β-lactam (4-membered cyclic amide) rings is 1. The average molecular weight is 184 g/mol. The molecule has 1 aliphatic heterocycles. The Bertz CT molecular complexity index is 226. The Labute approximate surface area is 78.5 Å². The smallest absolute Gasteiger partial charge is 0.224 e. The van der Waals surface area contributed by atoms with Gasteiger partial charge in [-0.05, 0) is 6.92 Å². The summed E-state index contributed by atoms with van der Waals surface area (Å²) in [4.78, 5) is 25.6. The third-order valence-corrected chi connectivity index (χ3v) is 2.39. The molecule has 2 amide bonds. The van der Waals surface area contributed by atoms with Crippen LogP contribution in [0, 0.1) is 0 Å². The van der Waals surface area contributed by atoms with Crippen molar-refractivity contribution in [3.63, 3.8) is 0 Å². The molecule has 0 N–H and O–H groups in total. The van der Waals surface area contributed by atoms with Gasteiger partial charge in [0.25, 0.3) is 0 Å². The van der Waals surface area contributed by atoms with Gasteiger partial charge >= 0.3 is 0 Å². The van der Waals surface area contributed by atoms with Crippen molar-refractivity contribution < 1.29 is 9.59 Å². The summed E-state index contributed by atoms with van der Waals surface area (Å²) >= 11 is 0. The SMILES string of the molecule is CC(CC(=O)N(C)C)N1CCC1=O. The molecule has 1 heterocycles. The van der Waals surface area contributed by atoms with Crippen LogP contribution >= 0.6 is 0 Å². The molecule has 4 heteroatoms. The molecular weight excluding hydrogens is 168 g/mol. The minimum atomic E-state index is 0.0520. The van der Waals surface area contributed by atoms with Gasteiger partial charge in [0.1, 0.15) is 0 Å². The van der Waals surface area contributed by atoms with Crippen LogP contribution < -0.4 is 0 Å². The second-order valence-electron chi connectivity index (χ2n) is 3.68. The Balaban J connectivity index is 2.36. The molecular formula is C9H16N2O2. The summed E-state index contributed by atoms with van der Waals surface area (Å²) in [5, 5.41) is 0. The zero-order valence-corrected chi connectivity index (χ0v) is 8.41. The Morgan fingerprint density at radius 2 is 2.23 bits per heavy atom. The van der Waals surface area contributed by atoms with E-state index in [4.69, 9.17) is 0 Å². The highest BCUT2D eigenvalue weighted by Crippen LogP contribution is 2.15. The largest absolute Gasteiger partial charge is 0.349 e. The van der Waals surface area contributed by atoms with E-state index in [0.717, 1.165) is 6.54 Å². The van der Waals surface area contributed by atoms with Gasteiger partial charge in [-0.25, -0.2) is 0 Å². The zero-order chi connectivity index (χ0) is 10.0. The van der Waals surface area contributed by atoms with Gasteiger partial charge in [-0.3, -0.25) is 9.59 Å². The Kier molecular flexibility index (Phi) is 2.90. The van der Waals surface area contributed by atoms with E-state index >= 15 is 0 Å². The molecule has 1 aliphatic rings. The number of rotatable bonds is 3. The number of hydrogen-bond acceptors (Lipinski definition) is 2. The summed E-state index contributed by atoms with van der Waals surface area (Å²) in [6, 6.07) is 0.0520. The normalized spacial score (nSPS) is 18.1. The van der Waals surface area contributed by atoms with E-state index in [-0.39, 0.29) is 17.9 Å². The summed E-state index contributed by atoms with van der Waals surface area (Å²) in [6.45, 7) is 2.72. The predicted molar refractivity (Wildman–Crippen MR) is 49.1 cm³/mol.